The van der Waals surface area contributed by atoms with Gasteiger partial charge in [-0.05, 0) is 50.7 Å². The van der Waals surface area contributed by atoms with Crippen LogP contribution >= 0.6 is 0 Å². The van der Waals surface area contributed by atoms with Crippen LogP contribution in [0.5, 0.6) is 0 Å². The van der Waals surface area contributed by atoms with E-state index in [4.69, 9.17) is 4.42 Å². The van der Waals surface area contributed by atoms with Gasteiger partial charge in [-0.1, -0.05) is 29.7 Å². The highest BCUT2D eigenvalue weighted by Crippen LogP contribution is 2.28. The summed E-state index contributed by atoms with van der Waals surface area (Å²) in [6, 6.07) is 8.63. The number of carbonyl (C=O) groups excluding carboxylic acids is 1. The van der Waals surface area contributed by atoms with Gasteiger partial charge in [-0.3, -0.25) is 4.79 Å². The highest BCUT2D eigenvalue weighted by Gasteiger charge is 2.31. The van der Waals surface area contributed by atoms with Crippen LogP contribution in [0.15, 0.2) is 28.7 Å². The van der Waals surface area contributed by atoms with E-state index in [0.717, 1.165) is 51.0 Å². The van der Waals surface area contributed by atoms with Crippen molar-refractivity contribution in [3.63, 3.8) is 0 Å². The van der Waals surface area contributed by atoms with Gasteiger partial charge in [-0.15, -0.1) is 5.10 Å². The molecule has 2 aliphatic rings. The Morgan fingerprint density at radius 1 is 1.07 bits per heavy atom. The van der Waals surface area contributed by atoms with Crippen LogP contribution in [-0.4, -0.2) is 47.2 Å². The van der Waals surface area contributed by atoms with Gasteiger partial charge in [-0.25, -0.2) is 0 Å². The van der Waals surface area contributed by atoms with Crippen molar-refractivity contribution >= 4 is 11.9 Å². The summed E-state index contributed by atoms with van der Waals surface area (Å²) in [5.41, 5.74) is 2.14. The Kier molecular flexibility index (Phi) is 5.14. The van der Waals surface area contributed by atoms with E-state index in [-0.39, 0.29) is 5.92 Å². The molecule has 0 radical (unpaired) electrons. The minimum absolute atomic E-state index is 0.131. The Bertz CT molecular complexity index is 778. The van der Waals surface area contributed by atoms with Crippen molar-refractivity contribution in [1.29, 1.82) is 0 Å². The predicted octanol–water partition coefficient (Wildman–Crippen LogP) is 3.52. The van der Waals surface area contributed by atoms with Crippen LogP contribution in [0.3, 0.4) is 0 Å². The molecule has 1 amide bonds. The molecule has 3 heterocycles. The maximum absolute atomic E-state index is 12.8. The van der Waals surface area contributed by atoms with Crippen molar-refractivity contribution in [1.82, 2.24) is 15.1 Å². The molecule has 0 bridgehead atoms. The van der Waals surface area contributed by atoms with Gasteiger partial charge < -0.3 is 14.2 Å². The fraction of sp³-hybridized carbons (Fsp3) is 0.571. The van der Waals surface area contributed by atoms with Gasteiger partial charge in [0.15, 0.2) is 0 Å². The lowest BCUT2D eigenvalue weighted by Gasteiger charge is -2.36. The van der Waals surface area contributed by atoms with E-state index in [9.17, 15) is 4.79 Å². The van der Waals surface area contributed by atoms with Crippen LogP contribution in [0.1, 0.15) is 38.2 Å². The average molecular weight is 368 g/mol. The Labute approximate surface area is 160 Å². The van der Waals surface area contributed by atoms with Gasteiger partial charge in [0.25, 0.3) is 0 Å². The number of benzene rings is 1. The number of aryl methyl sites for hydroxylation is 1. The second-order valence-corrected chi connectivity index (χ2v) is 8.05. The third-order valence-electron chi connectivity index (χ3n) is 5.80. The summed E-state index contributed by atoms with van der Waals surface area (Å²) in [6.07, 6.45) is 4.08. The molecule has 2 saturated heterocycles. The zero-order chi connectivity index (χ0) is 18.8. The molecular weight excluding hydrogens is 340 g/mol. The highest BCUT2D eigenvalue weighted by molar-refractivity contribution is 5.79. The Balaban J connectivity index is 1.35. The summed E-state index contributed by atoms with van der Waals surface area (Å²) in [4.78, 5) is 17.0. The maximum atomic E-state index is 12.8. The third kappa shape index (κ3) is 3.99. The van der Waals surface area contributed by atoms with Crippen molar-refractivity contribution in [2.75, 3.05) is 31.1 Å². The summed E-state index contributed by atoms with van der Waals surface area (Å²) in [5, 5.41) is 8.42. The molecule has 6 nitrogen and oxygen atoms in total. The molecule has 1 atom stereocenters. The SMILES string of the molecule is Cc1ccc(-c2nnc(N3CCC(C(=O)N4CCC[C@@H](C)C4)CC3)o2)cc1. The number of carbonyl (C=O) groups is 1. The summed E-state index contributed by atoms with van der Waals surface area (Å²) < 4.78 is 5.88. The number of piperidine rings is 2. The molecular formula is C21H28N4O2. The number of hydrogen-bond acceptors (Lipinski definition) is 5. The molecule has 2 fully saturated rings. The number of hydrogen-bond donors (Lipinski definition) is 0. The van der Waals surface area contributed by atoms with Crippen LogP contribution in [0, 0.1) is 18.8 Å². The summed E-state index contributed by atoms with van der Waals surface area (Å²) in [5.74, 6) is 1.64. The van der Waals surface area contributed by atoms with Crippen LogP contribution in [0.4, 0.5) is 6.01 Å². The number of nitrogens with zero attached hydrogens (tertiary/aromatic N) is 4. The first-order chi connectivity index (χ1) is 13.1. The predicted molar refractivity (Wildman–Crippen MR) is 104 cm³/mol. The Morgan fingerprint density at radius 2 is 1.81 bits per heavy atom. The standard InChI is InChI=1S/C21H28N4O2/c1-15-5-7-17(8-6-15)19-22-23-21(27-19)24-12-9-18(10-13-24)20(26)25-11-3-4-16(2)14-25/h5-8,16,18H,3-4,9-14H2,1-2H3/t16-/m1/s1. The fourth-order valence-corrected chi connectivity index (χ4v) is 4.12. The quantitative estimate of drug-likeness (QED) is 0.829. The smallest absolute Gasteiger partial charge is 0.318 e. The topological polar surface area (TPSA) is 62.5 Å². The third-order valence-corrected chi connectivity index (χ3v) is 5.80. The summed E-state index contributed by atoms with van der Waals surface area (Å²) in [6.45, 7) is 7.71. The molecule has 144 valence electrons. The van der Waals surface area contributed by atoms with Crippen LogP contribution in [0.2, 0.25) is 0 Å². The van der Waals surface area contributed by atoms with E-state index in [1.54, 1.807) is 0 Å². The second-order valence-electron chi connectivity index (χ2n) is 8.05. The van der Waals surface area contributed by atoms with Crippen molar-refractivity contribution in [3.8, 4) is 11.5 Å². The van der Waals surface area contributed by atoms with Gasteiger partial charge in [0.1, 0.15) is 0 Å². The average Bonchev–Trinajstić information content (AvgIpc) is 3.18. The van der Waals surface area contributed by atoms with Crippen LogP contribution in [0.25, 0.3) is 11.5 Å². The summed E-state index contributed by atoms with van der Waals surface area (Å²) >= 11 is 0. The van der Waals surface area contributed by atoms with Crippen LogP contribution < -0.4 is 4.90 Å². The fourth-order valence-electron chi connectivity index (χ4n) is 4.12. The van der Waals surface area contributed by atoms with E-state index >= 15 is 0 Å². The molecule has 0 spiro atoms. The molecule has 0 N–H and O–H groups in total. The van der Waals surface area contributed by atoms with Crippen molar-refractivity contribution in [3.05, 3.63) is 29.8 Å². The van der Waals surface area contributed by atoms with Gasteiger partial charge in [0.2, 0.25) is 11.8 Å². The number of likely N-dealkylation sites (tertiary alicyclic amines) is 1. The highest BCUT2D eigenvalue weighted by atomic mass is 16.4. The largest absolute Gasteiger partial charge is 0.403 e. The molecule has 1 aromatic heterocycles. The lowest BCUT2D eigenvalue weighted by Crippen LogP contribution is -2.46. The van der Waals surface area contributed by atoms with E-state index in [0.29, 0.717) is 23.7 Å². The minimum Gasteiger partial charge on any atom is -0.403 e. The van der Waals surface area contributed by atoms with Gasteiger partial charge >= 0.3 is 6.01 Å². The molecule has 2 aliphatic heterocycles. The van der Waals surface area contributed by atoms with Gasteiger partial charge in [0.05, 0.1) is 0 Å². The van der Waals surface area contributed by atoms with Gasteiger partial charge in [-0.2, -0.15) is 0 Å². The van der Waals surface area contributed by atoms with Crippen molar-refractivity contribution in [2.24, 2.45) is 11.8 Å². The number of amides is 1. The monoisotopic (exact) mass is 368 g/mol. The first-order valence-electron chi connectivity index (χ1n) is 10.0. The first-order valence-corrected chi connectivity index (χ1v) is 10.0. The molecule has 0 saturated carbocycles. The Morgan fingerprint density at radius 3 is 2.52 bits per heavy atom. The molecule has 4 rings (SSSR count). The van der Waals surface area contributed by atoms with E-state index in [2.05, 4.69) is 33.8 Å². The zero-order valence-corrected chi connectivity index (χ0v) is 16.2. The number of anilines is 1. The molecule has 6 heteroatoms. The van der Waals surface area contributed by atoms with Gasteiger partial charge in [0, 0.05) is 37.7 Å². The van der Waals surface area contributed by atoms with E-state index in [1.807, 2.05) is 24.3 Å². The molecule has 0 unspecified atom stereocenters. The lowest BCUT2D eigenvalue weighted by atomic mass is 9.93. The van der Waals surface area contributed by atoms with Crippen molar-refractivity contribution in [2.45, 2.75) is 39.5 Å². The van der Waals surface area contributed by atoms with Crippen molar-refractivity contribution < 1.29 is 9.21 Å². The lowest BCUT2D eigenvalue weighted by molar-refractivity contribution is -0.137. The van der Waals surface area contributed by atoms with E-state index < -0.39 is 0 Å². The normalized spacial score (nSPS) is 21.5. The second kappa shape index (κ2) is 7.71. The molecule has 0 aliphatic carbocycles. The minimum atomic E-state index is 0.131. The first kappa shape index (κ1) is 18.0. The van der Waals surface area contributed by atoms with E-state index in [1.165, 1.54) is 12.0 Å². The van der Waals surface area contributed by atoms with Crippen LogP contribution in [-0.2, 0) is 4.79 Å². The summed E-state index contributed by atoms with van der Waals surface area (Å²) in [7, 11) is 0. The molecule has 1 aromatic carbocycles. The molecule has 2 aromatic rings. The zero-order valence-electron chi connectivity index (χ0n) is 16.2. The number of aromatic nitrogens is 2. The number of rotatable bonds is 3. The molecule has 27 heavy (non-hydrogen) atoms. The Hall–Kier alpha value is -2.37. The maximum Gasteiger partial charge on any atom is 0.318 e.